The van der Waals surface area contributed by atoms with Gasteiger partial charge in [0.15, 0.2) is 0 Å². The average molecular weight is 386 g/mol. The highest BCUT2D eigenvalue weighted by Crippen LogP contribution is 2.24. The van der Waals surface area contributed by atoms with Crippen LogP contribution in [-0.2, 0) is 11.3 Å². The van der Waals surface area contributed by atoms with E-state index in [0.717, 1.165) is 57.4 Å². The lowest BCUT2D eigenvalue weighted by Gasteiger charge is -2.42. The van der Waals surface area contributed by atoms with Crippen molar-refractivity contribution in [1.29, 1.82) is 0 Å². The lowest BCUT2D eigenvalue weighted by Crippen LogP contribution is -2.52. The van der Waals surface area contributed by atoms with Crippen LogP contribution in [0.25, 0.3) is 0 Å². The predicted octanol–water partition coefficient (Wildman–Crippen LogP) is 1.77. The number of pyridine rings is 1. The first-order valence-electron chi connectivity index (χ1n) is 10.2. The second kappa shape index (κ2) is 10.2. The molecule has 3 rings (SSSR count). The summed E-state index contributed by atoms with van der Waals surface area (Å²) < 4.78 is 0. The van der Waals surface area contributed by atoms with Crippen molar-refractivity contribution in [2.24, 2.45) is 5.92 Å². The third kappa shape index (κ3) is 5.55. The molecule has 7 heteroatoms. The van der Waals surface area contributed by atoms with Crippen LogP contribution in [-0.4, -0.2) is 65.5 Å². The fourth-order valence-electron chi connectivity index (χ4n) is 4.09. The van der Waals surface area contributed by atoms with E-state index >= 15 is 0 Å². The molecule has 0 spiro atoms. The molecular formula is C21H31N5O2. The van der Waals surface area contributed by atoms with Crippen LogP contribution in [0.3, 0.4) is 0 Å². The number of piperidine rings is 2. The Bertz CT molecular complexity index is 658. The maximum Gasteiger partial charge on any atom is 0.317 e. The summed E-state index contributed by atoms with van der Waals surface area (Å²) in [5.74, 6) is 0.175. The van der Waals surface area contributed by atoms with Gasteiger partial charge in [0.25, 0.3) is 0 Å². The van der Waals surface area contributed by atoms with Gasteiger partial charge in [-0.05, 0) is 43.9 Å². The summed E-state index contributed by atoms with van der Waals surface area (Å²) >= 11 is 0. The minimum absolute atomic E-state index is 0.00958. The molecule has 1 aromatic rings. The minimum atomic E-state index is -0.00958. The Balaban J connectivity index is 1.44. The van der Waals surface area contributed by atoms with E-state index in [-0.39, 0.29) is 17.9 Å². The van der Waals surface area contributed by atoms with Gasteiger partial charge in [0.2, 0.25) is 5.91 Å². The van der Waals surface area contributed by atoms with Crippen LogP contribution in [0.2, 0.25) is 0 Å². The highest BCUT2D eigenvalue weighted by Gasteiger charge is 2.32. The van der Waals surface area contributed by atoms with Gasteiger partial charge in [0, 0.05) is 51.2 Å². The van der Waals surface area contributed by atoms with E-state index in [4.69, 9.17) is 0 Å². The summed E-state index contributed by atoms with van der Waals surface area (Å²) in [6.45, 7) is 8.04. The summed E-state index contributed by atoms with van der Waals surface area (Å²) in [4.78, 5) is 33.1. The number of aromatic nitrogens is 1. The summed E-state index contributed by atoms with van der Waals surface area (Å²) in [6, 6.07) is 4.30. The lowest BCUT2D eigenvalue weighted by molar-refractivity contribution is -0.127. The van der Waals surface area contributed by atoms with Crippen molar-refractivity contribution in [3.8, 4) is 0 Å². The zero-order valence-electron chi connectivity index (χ0n) is 16.5. The van der Waals surface area contributed by atoms with E-state index < -0.39 is 0 Å². The van der Waals surface area contributed by atoms with E-state index in [1.807, 2.05) is 17.0 Å². The Morgan fingerprint density at radius 3 is 2.75 bits per heavy atom. The van der Waals surface area contributed by atoms with Gasteiger partial charge >= 0.3 is 6.03 Å². The van der Waals surface area contributed by atoms with Gasteiger partial charge in [-0.25, -0.2) is 4.79 Å². The van der Waals surface area contributed by atoms with E-state index in [1.165, 1.54) is 0 Å². The highest BCUT2D eigenvalue weighted by atomic mass is 16.2. The number of nitrogens with one attached hydrogen (secondary N) is 2. The Labute approximate surface area is 167 Å². The Hall–Kier alpha value is -2.41. The fraction of sp³-hybridized carbons (Fsp3) is 0.571. The van der Waals surface area contributed by atoms with Crippen LogP contribution in [0, 0.1) is 5.92 Å². The topological polar surface area (TPSA) is 77.6 Å². The molecule has 2 saturated heterocycles. The van der Waals surface area contributed by atoms with Gasteiger partial charge in [0.1, 0.15) is 0 Å². The number of nitrogens with zero attached hydrogens (tertiary/aromatic N) is 3. The van der Waals surface area contributed by atoms with Crippen molar-refractivity contribution in [2.45, 2.75) is 38.3 Å². The molecule has 3 amide bonds. The molecule has 28 heavy (non-hydrogen) atoms. The fourth-order valence-corrected chi connectivity index (χ4v) is 4.09. The van der Waals surface area contributed by atoms with Crippen molar-refractivity contribution in [2.75, 3.05) is 32.7 Å². The molecule has 2 aliphatic heterocycles. The highest BCUT2D eigenvalue weighted by molar-refractivity contribution is 5.79. The normalized spacial score (nSPS) is 21.1. The SMILES string of the molecule is C=CCNC(=O)N1CCC(N2CCCC(C(=O)NCc3cccnc3)C2)CC1. The standard InChI is InChI=1S/C21H31N5O2/c1-2-9-23-21(28)25-12-7-19(8-13-25)26-11-4-6-18(16-26)20(27)24-15-17-5-3-10-22-14-17/h2-3,5,10,14,18-19H,1,4,6-9,11-13,15-16H2,(H,23,28)(H,24,27). The molecule has 1 aromatic heterocycles. The molecule has 0 bridgehead atoms. The van der Waals surface area contributed by atoms with Crippen LogP contribution in [0.5, 0.6) is 0 Å². The second-order valence-electron chi connectivity index (χ2n) is 7.61. The largest absolute Gasteiger partial charge is 0.352 e. The van der Waals surface area contributed by atoms with E-state index in [0.29, 0.717) is 19.1 Å². The van der Waals surface area contributed by atoms with Crippen LogP contribution >= 0.6 is 0 Å². The third-order valence-corrected chi connectivity index (χ3v) is 5.68. The molecule has 0 aromatic carbocycles. The average Bonchev–Trinajstić information content (AvgIpc) is 2.76. The number of amides is 3. The Morgan fingerprint density at radius 1 is 1.21 bits per heavy atom. The number of hydrogen-bond acceptors (Lipinski definition) is 4. The number of likely N-dealkylation sites (tertiary alicyclic amines) is 2. The quantitative estimate of drug-likeness (QED) is 0.732. The van der Waals surface area contributed by atoms with Crippen LogP contribution < -0.4 is 10.6 Å². The molecule has 2 aliphatic rings. The zero-order chi connectivity index (χ0) is 19.8. The molecule has 7 nitrogen and oxygen atoms in total. The van der Waals surface area contributed by atoms with Gasteiger partial charge in [-0.3, -0.25) is 14.7 Å². The predicted molar refractivity (Wildman–Crippen MR) is 109 cm³/mol. The minimum Gasteiger partial charge on any atom is -0.352 e. The molecule has 2 N–H and O–H groups in total. The Kier molecular flexibility index (Phi) is 7.42. The van der Waals surface area contributed by atoms with E-state index in [9.17, 15) is 9.59 Å². The monoisotopic (exact) mass is 385 g/mol. The van der Waals surface area contributed by atoms with Crippen molar-refractivity contribution in [3.05, 3.63) is 42.7 Å². The van der Waals surface area contributed by atoms with Gasteiger partial charge in [0.05, 0.1) is 5.92 Å². The van der Waals surface area contributed by atoms with Crippen molar-refractivity contribution in [1.82, 2.24) is 25.4 Å². The molecule has 0 aliphatic carbocycles. The van der Waals surface area contributed by atoms with E-state index in [2.05, 4.69) is 27.1 Å². The number of carbonyl (C=O) groups excluding carboxylic acids is 2. The summed E-state index contributed by atoms with van der Waals surface area (Å²) in [5.41, 5.74) is 1.02. The number of rotatable bonds is 6. The number of carbonyl (C=O) groups is 2. The third-order valence-electron chi connectivity index (χ3n) is 5.68. The molecule has 152 valence electrons. The van der Waals surface area contributed by atoms with Gasteiger partial charge in [-0.1, -0.05) is 12.1 Å². The lowest BCUT2D eigenvalue weighted by atomic mass is 9.93. The van der Waals surface area contributed by atoms with Gasteiger partial charge < -0.3 is 15.5 Å². The Morgan fingerprint density at radius 2 is 2.04 bits per heavy atom. The molecular weight excluding hydrogens is 354 g/mol. The van der Waals surface area contributed by atoms with Crippen LogP contribution in [0.1, 0.15) is 31.2 Å². The first kappa shape index (κ1) is 20.3. The summed E-state index contributed by atoms with van der Waals surface area (Å²) in [6.07, 6.45) is 9.13. The molecule has 2 fully saturated rings. The molecule has 1 unspecified atom stereocenters. The van der Waals surface area contributed by atoms with Crippen LogP contribution in [0.4, 0.5) is 4.79 Å². The summed E-state index contributed by atoms with van der Waals surface area (Å²) in [7, 11) is 0. The number of urea groups is 1. The van der Waals surface area contributed by atoms with Gasteiger partial charge in [-0.15, -0.1) is 6.58 Å². The molecule has 0 radical (unpaired) electrons. The van der Waals surface area contributed by atoms with E-state index in [1.54, 1.807) is 18.5 Å². The van der Waals surface area contributed by atoms with Crippen molar-refractivity contribution < 1.29 is 9.59 Å². The first-order chi connectivity index (χ1) is 13.7. The molecule has 1 atom stereocenters. The maximum absolute atomic E-state index is 12.6. The van der Waals surface area contributed by atoms with Crippen molar-refractivity contribution in [3.63, 3.8) is 0 Å². The second-order valence-corrected chi connectivity index (χ2v) is 7.61. The molecule has 0 saturated carbocycles. The smallest absolute Gasteiger partial charge is 0.317 e. The van der Waals surface area contributed by atoms with Crippen molar-refractivity contribution >= 4 is 11.9 Å². The number of hydrogen-bond donors (Lipinski definition) is 2. The maximum atomic E-state index is 12.6. The summed E-state index contributed by atoms with van der Waals surface area (Å²) in [5, 5.41) is 5.90. The van der Waals surface area contributed by atoms with Crippen LogP contribution in [0.15, 0.2) is 37.2 Å². The molecule has 3 heterocycles. The zero-order valence-corrected chi connectivity index (χ0v) is 16.5. The first-order valence-corrected chi connectivity index (χ1v) is 10.2. The van der Waals surface area contributed by atoms with Gasteiger partial charge in [-0.2, -0.15) is 0 Å².